The minimum Gasteiger partial charge on any atom is -0.393 e. The van der Waals surface area contributed by atoms with Gasteiger partial charge in [-0.15, -0.1) is 0 Å². The predicted octanol–water partition coefficient (Wildman–Crippen LogP) is 1.63. The van der Waals surface area contributed by atoms with Gasteiger partial charge in [-0.05, 0) is 32.6 Å². The molecule has 1 aliphatic heterocycles. The van der Waals surface area contributed by atoms with E-state index in [1.54, 1.807) is 0 Å². The Morgan fingerprint density at radius 2 is 1.95 bits per heavy atom. The number of likely N-dealkylation sites (tertiary alicyclic amines) is 1. The number of rotatable bonds is 5. The zero-order chi connectivity index (χ0) is 14.6. The highest BCUT2D eigenvalue weighted by Gasteiger charge is 2.32. The molecule has 0 aromatic carbocycles. The van der Waals surface area contributed by atoms with E-state index in [1.807, 2.05) is 20.8 Å². The van der Waals surface area contributed by atoms with Crippen molar-refractivity contribution in [3.8, 4) is 0 Å². The average molecular weight is 270 g/mol. The van der Waals surface area contributed by atoms with Crippen molar-refractivity contribution in [2.75, 3.05) is 13.1 Å². The third-order valence-electron chi connectivity index (χ3n) is 4.07. The monoisotopic (exact) mass is 270 g/mol. The lowest BCUT2D eigenvalue weighted by molar-refractivity contribution is -0.125. The van der Waals surface area contributed by atoms with Gasteiger partial charge in [0.05, 0.1) is 6.10 Å². The molecule has 0 aliphatic carbocycles. The van der Waals surface area contributed by atoms with Crippen molar-refractivity contribution in [3.63, 3.8) is 0 Å². The van der Waals surface area contributed by atoms with Crippen molar-refractivity contribution in [3.05, 3.63) is 0 Å². The summed E-state index contributed by atoms with van der Waals surface area (Å²) in [5, 5.41) is 13.2. The summed E-state index contributed by atoms with van der Waals surface area (Å²) in [5.41, 5.74) is 0. The number of nitrogens with zero attached hydrogens (tertiary/aromatic N) is 1. The van der Waals surface area contributed by atoms with Crippen LogP contribution in [0, 0.1) is 11.8 Å². The van der Waals surface area contributed by atoms with Gasteiger partial charge in [-0.25, -0.2) is 0 Å². The molecule has 3 atom stereocenters. The first-order valence-electron chi connectivity index (χ1n) is 7.57. The van der Waals surface area contributed by atoms with Crippen molar-refractivity contribution in [1.29, 1.82) is 0 Å². The second kappa shape index (κ2) is 7.25. The first-order chi connectivity index (χ1) is 8.85. The molecule has 0 saturated carbocycles. The number of carbonyl (C=O) groups is 1. The maximum Gasteiger partial charge on any atom is 0.222 e. The average Bonchev–Trinajstić information content (AvgIpc) is 2.37. The van der Waals surface area contributed by atoms with E-state index in [1.165, 1.54) is 0 Å². The first-order valence-corrected chi connectivity index (χ1v) is 7.57. The van der Waals surface area contributed by atoms with Crippen LogP contribution in [0.3, 0.4) is 0 Å². The lowest BCUT2D eigenvalue weighted by atomic mass is 9.87. The fourth-order valence-electron chi connectivity index (χ4n) is 2.68. The van der Waals surface area contributed by atoms with E-state index in [0.717, 1.165) is 25.9 Å². The normalized spacial score (nSPS) is 26.7. The SMILES string of the molecule is CCC(O)C1CC(NC(=O)C(C)C)CN(C(C)C)C1. The molecule has 1 rings (SSSR count). The van der Waals surface area contributed by atoms with Gasteiger partial charge in [0.15, 0.2) is 0 Å². The summed E-state index contributed by atoms with van der Waals surface area (Å²) < 4.78 is 0. The van der Waals surface area contributed by atoms with Crippen LogP contribution in [-0.2, 0) is 4.79 Å². The molecular formula is C15H30N2O2. The molecule has 2 N–H and O–H groups in total. The van der Waals surface area contributed by atoms with E-state index in [4.69, 9.17) is 0 Å². The third-order valence-corrected chi connectivity index (χ3v) is 4.07. The summed E-state index contributed by atoms with van der Waals surface area (Å²) in [6.07, 6.45) is 1.40. The predicted molar refractivity (Wildman–Crippen MR) is 77.9 cm³/mol. The fraction of sp³-hybridized carbons (Fsp3) is 0.933. The Kier molecular flexibility index (Phi) is 6.27. The zero-order valence-corrected chi connectivity index (χ0v) is 13.0. The molecule has 0 bridgehead atoms. The maximum atomic E-state index is 11.8. The van der Waals surface area contributed by atoms with Gasteiger partial charge in [-0.2, -0.15) is 0 Å². The van der Waals surface area contributed by atoms with Crippen molar-refractivity contribution >= 4 is 5.91 Å². The van der Waals surface area contributed by atoms with Crippen LogP contribution in [-0.4, -0.2) is 47.2 Å². The smallest absolute Gasteiger partial charge is 0.222 e. The van der Waals surface area contributed by atoms with Crippen LogP contribution in [0.15, 0.2) is 0 Å². The fourth-order valence-corrected chi connectivity index (χ4v) is 2.68. The van der Waals surface area contributed by atoms with Crippen molar-refractivity contribution in [2.24, 2.45) is 11.8 Å². The lowest BCUT2D eigenvalue weighted by Gasteiger charge is -2.41. The largest absolute Gasteiger partial charge is 0.393 e. The summed E-state index contributed by atoms with van der Waals surface area (Å²) >= 11 is 0. The van der Waals surface area contributed by atoms with E-state index < -0.39 is 0 Å². The minimum atomic E-state index is -0.264. The Labute approximate surface area is 117 Å². The molecule has 1 aliphatic rings. The summed E-state index contributed by atoms with van der Waals surface area (Å²) in [7, 11) is 0. The number of aliphatic hydroxyl groups excluding tert-OH is 1. The number of amides is 1. The molecule has 1 heterocycles. The van der Waals surface area contributed by atoms with Crippen LogP contribution >= 0.6 is 0 Å². The zero-order valence-electron chi connectivity index (χ0n) is 13.0. The van der Waals surface area contributed by atoms with Crippen molar-refractivity contribution in [2.45, 2.75) is 65.6 Å². The Balaban J connectivity index is 2.67. The number of aliphatic hydroxyl groups is 1. The summed E-state index contributed by atoms with van der Waals surface area (Å²) in [6, 6.07) is 0.613. The van der Waals surface area contributed by atoms with Crippen molar-refractivity contribution in [1.82, 2.24) is 10.2 Å². The van der Waals surface area contributed by atoms with E-state index in [-0.39, 0.29) is 29.9 Å². The first kappa shape index (κ1) is 16.4. The number of piperidine rings is 1. The van der Waals surface area contributed by atoms with Crippen LogP contribution < -0.4 is 5.32 Å². The van der Waals surface area contributed by atoms with Gasteiger partial charge in [-0.1, -0.05) is 20.8 Å². The molecule has 3 unspecified atom stereocenters. The topological polar surface area (TPSA) is 52.6 Å². The molecule has 1 saturated heterocycles. The van der Waals surface area contributed by atoms with Crippen molar-refractivity contribution < 1.29 is 9.90 Å². The molecule has 19 heavy (non-hydrogen) atoms. The van der Waals surface area contributed by atoms with Gasteiger partial charge in [0.1, 0.15) is 0 Å². The van der Waals surface area contributed by atoms with Crippen LogP contribution in [0.4, 0.5) is 0 Å². The molecule has 112 valence electrons. The Bertz CT molecular complexity index is 292. The number of nitrogens with one attached hydrogen (secondary N) is 1. The van der Waals surface area contributed by atoms with E-state index in [2.05, 4.69) is 24.1 Å². The van der Waals surface area contributed by atoms with Crippen LogP contribution in [0.25, 0.3) is 0 Å². The van der Waals surface area contributed by atoms with Crippen LogP contribution in [0.2, 0.25) is 0 Å². The molecule has 0 aromatic heterocycles. The summed E-state index contributed by atoms with van der Waals surface area (Å²) in [5.74, 6) is 0.392. The molecular weight excluding hydrogens is 240 g/mol. The van der Waals surface area contributed by atoms with Gasteiger partial charge in [0.2, 0.25) is 5.91 Å². The minimum absolute atomic E-state index is 0.0176. The quantitative estimate of drug-likeness (QED) is 0.798. The standard InChI is InChI=1S/C15H30N2O2/c1-6-14(18)12-7-13(16-15(19)10(2)3)9-17(8-12)11(4)5/h10-14,18H,6-9H2,1-5H3,(H,16,19). The highest BCUT2D eigenvalue weighted by Crippen LogP contribution is 2.23. The summed E-state index contributed by atoms with van der Waals surface area (Å²) in [4.78, 5) is 14.2. The number of carbonyl (C=O) groups excluding carboxylic acids is 1. The Morgan fingerprint density at radius 1 is 1.32 bits per heavy atom. The number of hydrogen-bond donors (Lipinski definition) is 2. The lowest BCUT2D eigenvalue weighted by Crippen LogP contribution is -2.55. The summed E-state index contributed by atoms with van der Waals surface area (Å²) in [6.45, 7) is 12.0. The van der Waals surface area contributed by atoms with E-state index in [0.29, 0.717) is 6.04 Å². The Morgan fingerprint density at radius 3 is 2.42 bits per heavy atom. The highest BCUT2D eigenvalue weighted by atomic mass is 16.3. The Hall–Kier alpha value is -0.610. The molecule has 0 spiro atoms. The molecule has 4 nitrogen and oxygen atoms in total. The second-order valence-corrected chi connectivity index (χ2v) is 6.38. The van der Waals surface area contributed by atoms with E-state index in [9.17, 15) is 9.90 Å². The van der Waals surface area contributed by atoms with Gasteiger partial charge >= 0.3 is 0 Å². The third kappa shape index (κ3) is 4.77. The molecule has 1 fully saturated rings. The van der Waals surface area contributed by atoms with Gasteiger partial charge in [0, 0.05) is 31.1 Å². The highest BCUT2D eigenvalue weighted by molar-refractivity contribution is 5.78. The second-order valence-electron chi connectivity index (χ2n) is 6.38. The van der Waals surface area contributed by atoms with Crippen LogP contribution in [0.1, 0.15) is 47.5 Å². The van der Waals surface area contributed by atoms with Gasteiger partial charge in [0.25, 0.3) is 0 Å². The molecule has 1 amide bonds. The number of hydrogen-bond acceptors (Lipinski definition) is 3. The van der Waals surface area contributed by atoms with E-state index >= 15 is 0 Å². The van der Waals surface area contributed by atoms with Crippen LogP contribution in [0.5, 0.6) is 0 Å². The molecule has 0 aromatic rings. The van der Waals surface area contributed by atoms with Gasteiger partial charge in [-0.3, -0.25) is 9.69 Å². The molecule has 0 radical (unpaired) electrons. The van der Waals surface area contributed by atoms with Gasteiger partial charge < -0.3 is 10.4 Å². The maximum absolute atomic E-state index is 11.8. The molecule has 4 heteroatoms.